The van der Waals surface area contributed by atoms with E-state index in [4.69, 9.17) is 0 Å². The molecule has 0 spiro atoms. The molecule has 3 amide bonds. The average Bonchev–Trinajstić information content (AvgIpc) is 3.04. The third-order valence-electron chi connectivity index (χ3n) is 5.32. The summed E-state index contributed by atoms with van der Waals surface area (Å²) in [7, 11) is 3.52. The summed E-state index contributed by atoms with van der Waals surface area (Å²) in [4.78, 5) is 27.7. The molecule has 0 atom stereocenters. The molecule has 2 aliphatic rings. The van der Waals surface area contributed by atoms with Crippen molar-refractivity contribution < 1.29 is 9.59 Å². The predicted molar refractivity (Wildman–Crippen MR) is 95.3 cm³/mol. The third-order valence-corrected chi connectivity index (χ3v) is 5.32. The number of amides is 3. The molecule has 1 saturated heterocycles. The van der Waals surface area contributed by atoms with E-state index in [0.29, 0.717) is 19.6 Å². The van der Waals surface area contributed by atoms with Crippen LogP contribution in [0.15, 0.2) is 0 Å². The lowest BCUT2D eigenvalue weighted by Crippen LogP contribution is -2.46. The van der Waals surface area contributed by atoms with Crippen molar-refractivity contribution in [1.82, 2.24) is 25.3 Å². The van der Waals surface area contributed by atoms with E-state index in [0.717, 1.165) is 37.8 Å². The highest BCUT2D eigenvalue weighted by Gasteiger charge is 2.27. The Labute approximate surface area is 149 Å². The lowest BCUT2D eigenvalue weighted by Gasteiger charge is -2.33. The van der Waals surface area contributed by atoms with E-state index in [1.54, 1.807) is 19.0 Å². The lowest BCUT2D eigenvalue weighted by molar-refractivity contribution is -0.126. The fraction of sp³-hybridized carbons (Fsp3) is 0.722. The Morgan fingerprint density at radius 3 is 2.68 bits per heavy atom. The summed E-state index contributed by atoms with van der Waals surface area (Å²) < 4.78 is 0. The minimum Gasteiger partial charge on any atom is -0.355 e. The number of aromatic nitrogens is 2. The molecule has 0 unspecified atom stereocenters. The fourth-order valence-corrected chi connectivity index (χ4v) is 3.82. The molecule has 1 aliphatic heterocycles. The zero-order valence-electron chi connectivity index (χ0n) is 15.3. The van der Waals surface area contributed by atoms with Crippen LogP contribution in [0.25, 0.3) is 0 Å². The Morgan fingerprint density at radius 1 is 1.24 bits per heavy atom. The first-order valence-electron chi connectivity index (χ1n) is 9.35. The Balaban J connectivity index is 1.42. The molecule has 1 aliphatic carbocycles. The fourth-order valence-electron chi connectivity index (χ4n) is 3.82. The summed E-state index contributed by atoms with van der Waals surface area (Å²) in [6, 6.07) is 0.0298. The Morgan fingerprint density at radius 2 is 1.96 bits per heavy atom. The summed E-state index contributed by atoms with van der Waals surface area (Å²) in [5.41, 5.74) is 3.77. The van der Waals surface area contributed by atoms with Crippen LogP contribution < -0.4 is 5.32 Å². The monoisotopic (exact) mass is 347 g/mol. The largest absolute Gasteiger partial charge is 0.355 e. The number of hydrogen-bond acceptors (Lipinski definition) is 3. The molecule has 0 bridgehead atoms. The summed E-state index contributed by atoms with van der Waals surface area (Å²) in [5.74, 6) is 0.126. The zero-order valence-corrected chi connectivity index (χ0v) is 15.3. The molecule has 2 N–H and O–H groups in total. The highest BCUT2D eigenvalue weighted by atomic mass is 16.2. The smallest absolute Gasteiger partial charge is 0.319 e. The van der Waals surface area contributed by atoms with Gasteiger partial charge in [-0.2, -0.15) is 5.10 Å². The highest BCUT2D eigenvalue weighted by molar-refractivity contribution is 5.79. The number of nitrogens with one attached hydrogen (secondary N) is 2. The number of carbonyl (C=O) groups excluding carboxylic acids is 2. The van der Waals surface area contributed by atoms with Gasteiger partial charge in [-0.3, -0.25) is 9.89 Å². The lowest BCUT2D eigenvalue weighted by atomic mass is 9.94. The third kappa shape index (κ3) is 4.14. The van der Waals surface area contributed by atoms with Crippen LogP contribution in [-0.2, 0) is 24.1 Å². The second-order valence-electron chi connectivity index (χ2n) is 7.31. The second kappa shape index (κ2) is 7.89. The minimum atomic E-state index is 0.0133. The van der Waals surface area contributed by atoms with E-state index >= 15 is 0 Å². The quantitative estimate of drug-likeness (QED) is 0.862. The number of piperidine rings is 1. The molecule has 3 rings (SSSR count). The molecule has 7 heteroatoms. The predicted octanol–water partition coefficient (Wildman–Crippen LogP) is 1.34. The normalized spacial score (nSPS) is 17.9. The maximum atomic E-state index is 12.4. The first kappa shape index (κ1) is 17.8. The molecule has 1 fully saturated rings. The second-order valence-corrected chi connectivity index (χ2v) is 7.31. The first-order valence-corrected chi connectivity index (χ1v) is 9.35. The summed E-state index contributed by atoms with van der Waals surface area (Å²) in [6.45, 7) is 1.94. The number of urea groups is 1. The number of H-pyrrole nitrogens is 1. The molecule has 138 valence electrons. The van der Waals surface area contributed by atoms with Gasteiger partial charge in [0.2, 0.25) is 5.91 Å². The van der Waals surface area contributed by atoms with Crippen LogP contribution in [0.3, 0.4) is 0 Å². The summed E-state index contributed by atoms with van der Waals surface area (Å²) in [5, 5.41) is 10.6. The maximum absolute atomic E-state index is 12.4. The molecule has 2 heterocycles. The van der Waals surface area contributed by atoms with Crippen molar-refractivity contribution in [2.75, 3.05) is 33.7 Å². The van der Waals surface area contributed by atoms with E-state index in [1.807, 2.05) is 4.90 Å². The van der Waals surface area contributed by atoms with Gasteiger partial charge in [0.15, 0.2) is 0 Å². The van der Waals surface area contributed by atoms with Crippen molar-refractivity contribution in [3.05, 3.63) is 17.0 Å². The van der Waals surface area contributed by atoms with E-state index in [9.17, 15) is 9.59 Å². The molecule has 0 radical (unpaired) electrons. The van der Waals surface area contributed by atoms with E-state index in [-0.39, 0.29) is 17.9 Å². The van der Waals surface area contributed by atoms with Crippen LogP contribution in [0, 0.1) is 5.92 Å². The van der Waals surface area contributed by atoms with Gasteiger partial charge in [0.05, 0.1) is 5.69 Å². The van der Waals surface area contributed by atoms with Crippen molar-refractivity contribution in [3.8, 4) is 0 Å². The first-order chi connectivity index (χ1) is 12.1. The molecular weight excluding hydrogens is 318 g/mol. The topological polar surface area (TPSA) is 81.3 Å². The van der Waals surface area contributed by atoms with Crippen molar-refractivity contribution in [3.63, 3.8) is 0 Å². The summed E-state index contributed by atoms with van der Waals surface area (Å²) >= 11 is 0. The molecule has 1 aromatic rings. The van der Waals surface area contributed by atoms with E-state index in [2.05, 4.69) is 15.5 Å². The zero-order chi connectivity index (χ0) is 17.8. The number of fused-ring (bicyclic) bond motifs is 1. The summed E-state index contributed by atoms with van der Waals surface area (Å²) in [6.07, 6.45) is 6.94. The molecule has 1 aromatic heterocycles. The Kier molecular flexibility index (Phi) is 5.60. The highest BCUT2D eigenvalue weighted by Crippen LogP contribution is 2.22. The van der Waals surface area contributed by atoms with E-state index < -0.39 is 0 Å². The van der Waals surface area contributed by atoms with E-state index in [1.165, 1.54) is 24.1 Å². The van der Waals surface area contributed by atoms with Crippen LogP contribution in [-0.4, -0.2) is 65.7 Å². The minimum absolute atomic E-state index is 0.0133. The standard InChI is InChI=1S/C18H29N5O2/c1-22(2)18(25)23-11-8-13(9-12-23)17(24)19-10-7-16-14-5-3-4-6-15(14)20-21-16/h13H,3-12H2,1-2H3,(H,19,24)(H,20,21). The number of hydrogen-bond donors (Lipinski definition) is 2. The number of nitrogens with zero attached hydrogens (tertiary/aromatic N) is 3. The number of aryl methyl sites for hydroxylation is 1. The van der Waals surface area contributed by atoms with Crippen molar-refractivity contribution in [1.29, 1.82) is 0 Å². The van der Waals surface area contributed by atoms with Crippen molar-refractivity contribution in [2.24, 2.45) is 5.92 Å². The average molecular weight is 347 g/mol. The van der Waals surface area contributed by atoms with Gasteiger partial charge in [-0.1, -0.05) is 0 Å². The number of rotatable bonds is 4. The number of likely N-dealkylation sites (tertiary alicyclic amines) is 1. The SMILES string of the molecule is CN(C)C(=O)N1CCC(C(=O)NCCc2n[nH]c3c2CCCC3)CC1. The van der Waals surface area contributed by atoms with Crippen LogP contribution in [0.2, 0.25) is 0 Å². The van der Waals surface area contributed by atoms with Crippen LogP contribution in [0.4, 0.5) is 4.79 Å². The van der Waals surface area contributed by atoms with Gasteiger partial charge < -0.3 is 15.1 Å². The molecular formula is C18H29N5O2. The number of carbonyl (C=O) groups is 2. The van der Waals surface area contributed by atoms with Gasteiger partial charge in [-0.25, -0.2) is 4.79 Å². The number of aromatic amines is 1. The van der Waals surface area contributed by atoms with Gasteiger partial charge in [0.1, 0.15) is 0 Å². The van der Waals surface area contributed by atoms with Gasteiger partial charge in [0.25, 0.3) is 0 Å². The molecule has 0 aromatic carbocycles. The van der Waals surface area contributed by atoms with Gasteiger partial charge in [-0.15, -0.1) is 0 Å². The Bertz CT molecular complexity index is 617. The van der Waals surface area contributed by atoms with Crippen molar-refractivity contribution >= 4 is 11.9 Å². The van der Waals surface area contributed by atoms with Crippen LogP contribution in [0.5, 0.6) is 0 Å². The van der Waals surface area contributed by atoms with Gasteiger partial charge in [-0.05, 0) is 44.1 Å². The van der Waals surface area contributed by atoms with Crippen molar-refractivity contribution in [2.45, 2.75) is 44.9 Å². The molecule has 25 heavy (non-hydrogen) atoms. The van der Waals surface area contributed by atoms with Gasteiger partial charge >= 0.3 is 6.03 Å². The van der Waals surface area contributed by atoms with Gasteiger partial charge in [0, 0.05) is 51.8 Å². The molecule has 7 nitrogen and oxygen atoms in total. The van der Waals surface area contributed by atoms with Crippen LogP contribution >= 0.6 is 0 Å². The Hall–Kier alpha value is -2.05. The van der Waals surface area contributed by atoms with Crippen LogP contribution in [0.1, 0.15) is 42.6 Å². The maximum Gasteiger partial charge on any atom is 0.319 e. The molecule has 0 saturated carbocycles.